The Morgan fingerprint density at radius 3 is 1.86 bits per heavy atom. The van der Waals surface area contributed by atoms with Crippen LogP contribution in [0.2, 0.25) is 0 Å². The zero-order valence-corrected chi connectivity index (χ0v) is 14.8. The van der Waals surface area contributed by atoms with Gasteiger partial charge in [0, 0.05) is 5.56 Å². The van der Waals surface area contributed by atoms with Crippen molar-refractivity contribution in [1.82, 2.24) is 0 Å². The van der Waals surface area contributed by atoms with E-state index in [1.807, 2.05) is 0 Å². The molecule has 0 aromatic heterocycles. The zero-order valence-electron chi connectivity index (χ0n) is 14.8. The highest BCUT2D eigenvalue weighted by atomic mass is 16.5. The lowest BCUT2D eigenvalue weighted by Gasteiger charge is -2.09. The first kappa shape index (κ1) is 20.3. The predicted molar refractivity (Wildman–Crippen MR) is 102 cm³/mol. The van der Waals surface area contributed by atoms with Crippen LogP contribution < -0.4 is 10.5 Å². The fraction of sp³-hybridized carbons (Fsp3) is 0.0476. The third-order valence-electron chi connectivity index (χ3n) is 3.66. The molecule has 0 bridgehead atoms. The molecule has 0 aliphatic heterocycles. The summed E-state index contributed by atoms with van der Waals surface area (Å²) in [6, 6.07) is 19.3. The number of aromatic carboxylic acids is 1. The fourth-order valence-corrected chi connectivity index (χ4v) is 2.24. The Morgan fingerprint density at radius 2 is 1.32 bits per heavy atom. The molecule has 0 saturated carbocycles. The van der Waals surface area contributed by atoms with Gasteiger partial charge in [0.15, 0.2) is 0 Å². The molecule has 28 heavy (non-hydrogen) atoms. The predicted octanol–water partition coefficient (Wildman–Crippen LogP) is 3.16. The van der Waals surface area contributed by atoms with Crippen LogP contribution >= 0.6 is 0 Å². The summed E-state index contributed by atoms with van der Waals surface area (Å²) in [5.41, 5.74) is 5.78. The number of carboxylic acid groups (broad SMARTS) is 1. The van der Waals surface area contributed by atoms with Gasteiger partial charge in [0.05, 0.1) is 5.56 Å². The van der Waals surface area contributed by atoms with Crippen molar-refractivity contribution in [3.05, 3.63) is 89.5 Å². The number of para-hydroxylation sites is 3. The van der Waals surface area contributed by atoms with Crippen molar-refractivity contribution in [1.29, 1.82) is 0 Å². The number of phenols is 2. The van der Waals surface area contributed by atoms with Crippen molar-refractivity contribution >= 4 is 11.9 Å². The van der Waals surface area contributed by atoms with E-state index in [1.165, 1.54) is 18.2 Å². The van der Waals surface area contributed by atoms with Crippen LogP contribution in [0.1, 0.15) is 26.3 Å². The van der Waals surface area contributed by atoms with Gasteiger partial charge in [-0.15, -0.1) is 0 Å². The van der Waals surface area contributed by atoms with Crippen LogP contribution in [0.4, 0.5) is 0 Å². The average Bonchev–Trinajstić information content (AvgIpc) is 2.68. The van der Waals surface area contributed by atoms with Crippen LogP contribution in [-0.4, -0.2) is 27.2 Å². The number of carbonyl (C=O) groups excluding carboxylic acids is 1. The summed E-state index contributed by atoms with van der Waals surface area (Å²) < 4.78 is 5.42. The number of hydrogen-bond donors (Lipinski definition) is 4. The number of hydrogen-bond acceptors (Lipinski definition) is 5. The number of nitrogens with two attached hydrogens (primary N) is 1. The number of benzene rings is 3. The molecule has 3 aromatic rings. The molecule has 3 rings (SSSR count). The normalized spacial score (nSPS) is 9.71. The van der Waals surface area contributed by atoms with Gasteiger partial charge in [0.1, 0.15) is 29.4 Å². The number of rotatable bonds is 5. The molecule has 0 saturated heterocycles. The lowest BCUT2D eigenvalue weighted by atomic mass is 10.2. The number of carbonyl (C=O) groups is 2. The van der Waals surface area contributed by atoms with Gasteiger partial charge in [0.2, 0.25) is 0 Å². The molecule has 0 spiro atoms. The molecule has 0 fully saturated rings. The van der Waals surface area contributed by atoms with Gasteiger partial charge in [-0.1, -0.05) is 42.5 Å². The third-order valence-corrected chi connectivity index (χ3v) is 3.66. The molecule has 0 aliphatic rings. The van der Waals surface area contributed by atoms with Gasteiger partial charge in [-0.25, -0.2) is 4.79 Å². The quantitative estimate of drug-likeness (QED) is 0.537. The van der Waals surface area contributed by atoms with E-state index < -0.39 is 11.9 Å². The van der Waals surface area contributed by atoms with E-state index in [0.717, 1.165) is 0 Å². The van der Waals surface area contributed by atoms with Crippen LogP contribution in [0.25, 0.3) is 0 Å². The maximum absolute atomic E-state index is 11.0. The molecule has 0 heterocycles. The maximum Gasteiger partial charge on any atom is 0.339 e. The van der Waals surface area contributed by atoms with E-state index in [-0.39, 0.29) is 35.0 Å². The molecule has 144 valence electrons. The number of ether oxygens (including phenoxy) is 1. The van der Waals surface area contributed by atoms with Crippen LogP contribution in [0, 0.1) is 0 Å². The number of phenolic OH excluding ortho intramolecular Hbond substituents is 1. The van der Waals surface area contributed by atoms with Crippen molar-refractivity contribution in [2.24, 2.45) is 5.73 Å². The highest BCUT2D eigenvalue weighted by Gasteiger charge is 2.10. The van der Waals surface area contributed by atoms with E-state index in [1.54, 1.807) is 54.6 Å². The molecular formula is C21H19NO6. The van der Waals surface area contributed by atoms with Gasteiger partial charge >= 0.3 is 5.97 Å². The standard InChI is InChI=1S/C14H12O4.C7H7NO2/c15-12-7-3-1-5-10(12)9-18-13-8-4-2-6-11(13)14(16)17;8-7(10)5-3-1-2-4-6(5)9/h1-8,15H,9H2,(H,16,17);1-4,9H,(H2,8,10). The second-order valence-corrected chi connectivity index (χ2v) is 5.60. The third kappa shape index (κ3) is 5.50. The molecule has 7 nitrogen and oxygen atoms in total. The second kappa shape index (κ2) is 9.63. The second-order valence-electron chi connectivity index (χ2n) is 5.60. The minimum Gasteiger partial charge on any atom is -0.508 e. The molecule has 1 amide bonds. The number of amides is 1. The fourth-order valence-electron chi connectivity index (χ4n) is 2.24. The Balaban J connectivity index is 0.000000237. The van der Waals surface area contributed by atoms with E-state index in [9.17, 15) is 14.7 Å². The molecule has 5 N–H and O–H groups in total. The summed E-state index contributed by atoms with van der Waals surface area (Å²) >= 11 is 0. The Hall–Kier alpha value is -4.00. The molecule has 0 atom stereocenters. The van der Waals surface area contributed by atoms with E-state index in [4.69, 9.17) is 20.7 Å². The number of carboxylic acids is 1. The molecule has 7 heteroatoms. The van der Waals surface area contributed by atoms with E-state index in [0.29, 0.717) is 5.56 Å². The lowest BCUT2D eigenvalue weighted by Crippen LogP contribution is -2.10. The van der Waals surface area contributed by atoms with Crippen LogP contribution in [0.3, 0.4) is 0 Å². The SMILES string of the molecule is NC(=O)c1ccccc1O.O=C(O)c1ccccc1OCc1ccccc1O. The number of aromatic hydroxyl groups is 2. The topological polar surface area (TPSA) is 130 Å². The highest BCUT2D eigenvalue weighted by Crippen LogP contribution is 2.22. The first-order chi connectivity index (χ1) is 13.4. The van der Waals surface area contributed by atoms with Crippen LogP contribution in [0.5, 0.6) is 17.2 Å². The largest absolute Gasteiger partial charge is 0.508 e. The van der Waals surface area contributed by atoms with E-state index >= 15 is 0 Å². The van der Waals surface area contributed by atoms with Gasteiger partial charge in [0.25, 0.3) is 5.91 Å². The van der Waals surface area contributed by atoms with Crippen LogP contribution in [-0.2, 0) is 6.61 Å². The Labute approximate surface area is 161 Å². The Bertz CT molecular complexity index is 970. The Kier molecular flexibility index (Phi) is 6.99. The zero-order chi connectivity index (χ0) is 20.5. The van der Waals surface area contributed by atoms with Crippen LogP contribution in [0.15, 0.2) is 72.8 Å². The first-order valence-electron chi connectivity index (χ1n) is 8.20. The van der Waals surface area contributed by atoms with Crippen molar-refractivity contribution in [3.63, 3.8) is 0 Å². The van der Waals surface area contributed by atoms with Gasteiger partial charge in [-0.05, 0) is 30.3 Å². The average molecular weight is 381 g/mol. The highest BCUT2D eigenvalue weighted by molar-refractivity contribution is 5.95. The maximum atomic E-state index is 11.0. The van der Waals surface area contributed by atoms with Gasteiger partial charge in [-0.3, -0.25) is 4.79 Å². The first-order valence-corrected chi connectivity index (χ1v) is 8.20. The molecule has 0 radical (unpaired) electrons. The smallest absolute Gasteiger partial charge is 0.339 e. The van der Waals surface area contributed by atoms with Crippen molar-refractivity contribution in [3.8, 4) is 17.2 Å². The summed E-state index contributed by atoms with van der Waals surface area (Å²) in [6.45, 7) is 0.122. The number of primary amides is 1. The van der Waals surface area contributed by atoms with E-state index in [2.05, 4.69) is 0 Å². The molecule has 3 aromatic carbocycles. The van der Waals surface area contributed by atoms with Gasteiger partial charge in [-0.2, -0.15) is 0 Å². The summed E-state index contributed by atoms with van der Waals surface area (Å²) in [5.74, 6) is -1.31. The van der Waals surface area contributed by atoms with Crippen molar-refractivity contribution in [2.45, 2.75) is 6.61 Å². The summed E-state index contributed by atoms with van der Waals surface area (Å²) in [5, 5.41) is 27.5. The minimum absolute atomic E-state index is 0.0741. The molecule has 0 unspecified atom stereocenters. The molecular weight excluding hydrogens is 362 g/mol. The van der Waals surface area contributed by atoms with Gasteiger partial charge < -0.3 is 25.8 Å². The summed E-state index contributed by atoms with van der Waals surface area (Å²) in [4.78, 5) is 21.5. The summed E-state index contributed by atoms with van der Waals surface area (Å²) in [6.07, 6.45) is 0. The summed E-state index contributed by atoms with van der Waals surface area (Å²) in [7, 11) is 0. The molecule has 0 aliphatic carbocycles. The Morgan fingerprint density at radius 1 is 0.786 bits per heavy atom. The minimum atomic E-state index is -1.04. The van der Waals surface area contributed by atoms with Crippen molar-refractivity contribution in [2.75, 3.05) is 0 Å². The monoisotopic (exact) mass is 381 g/mol. The van der Waals surface area contributed by atoms with Crippen molar-refractivity contribution < 1.29 is 29.6 Å². The lowest BCUT2D eigenvalue weighted by molar-refractivity contribution is 0.0691.